The number of rotatable bonds is 7. The Hall–Kier alpha value is -3.15. The highest BCUT2D eigenvalue weighted by molar-refractivity contribution is 5.91. The van der Waals surface area contributed by atoms with Crippen molar-refractivity contribution in [2.45, 2.75) is 26.2 Å². The minimum Gasteiger partial charge on any atom is -0.496 e. The zero-order valence-electron chi connectivity index (χ0n) is 14.9. The molecular weight excluding hydrogens is 330 g/mol. The second kappa shape index (κ2) is 8.29. The van der Waals surface area contributed by atoms with Gasteiger partial charge < -0.3 is 14.6 Å². The minimum absolute atomic E-state index is 0.0243. The van der Waals surface area contributed by atoms with E-state index in [4.69, 9.17) is 9.26 Å². The third-order valence-corrected chi connectivity index (χ3v) is 4.03. The van der Waals surface area contributed by atoms with Crippen LogP contribution in [0, 0.1) is 6.92 Å². The third-order valence-electron chi connectivity index (χ3n) is 4.03. The van der Waals surface area contributed by atoms with Crippen molar-refractivity contribution in [2.24, 2.45) is 0 Å². The summed E-state index contributed by atoms with van der Waals surface area (Å²) in [6.07, 6.45) is 1.56. The van der Waals surface area contributed by atoms with Crippen LogP contribution in [0.3, 0.4) is 0 Å². The first-order valence-corrected chi connectivity index (χ1v) is 8.49. The Labute approximate surface area is 152 Å². The molecule has 0 radical (unpaired) electrons. The largest absolute Gasteiger partial charge is 0.496 e. The second-order valence-electron chi connectivity index (χ2n) is 5.93. The fraction of sp³-hybridized carbons (Fsp3) is 0.250. The van der Waals surface area contributed by atoms with Gasteiger partial charge in [-0.15, -0.1) is 0 Å². The van der Waals surface area contributed by atoms with Gasteiger partial charge in [-0.05, 0) is 37.1 Å². The number of aromatic nitrogens is 2. The van der Waals surface area contributed by atoms with E-state index in [0.29, 0.717) is 36.7 Å². The number of aryl methyl sites for hydroxylation is 2. The molecule has 0 aliphatic carbocycles. The fourth-order valence-corrected chi connectivity index (χ4v) is 2.62. The van der Waals surface area contributed by atoms with Crippen LogP contribution in [-0.2, 0) is 11.2 Å². The lowest BCUT2D eigenvalue weighted by atomic mass is 10.2. The second-order valence-corrected chi connectivity index (χ2v) is 5.93. The van der Waals surface area contributed by atoms with Gasteiger partial charge in [-0.1, -0.05) is 35.5 Å². The number of hydrogen-bond acceptors (Lipinski definition) is 5. The van der Waals surface area contributed by atoms with Gasteiger partial charge in [0.05, 0.1) is 12.7 Å². The molecule has 1 amide bonds. The van der Waals surface area contributed by atoms with Gasteiger partial charge in [0.15, 0.2) is 0 Å². The summed E-state index contributed by atoms with van der Waals surface area (Å²) in [5.74, 6) is 1.66. The van der Waals surface area contributed by atoms with Crippen LogP contribution in [0.4, 0.5) is 5.69 Å². The first-order chi connectivity index (χ1) is 12.7. The number of benzene rings is 2. The highest BCUT2D eigenvalue weighted by Gasteiger charge is 2.13. The number of methoxy groups -OCH3 is 1. The molecule has 6 heteroatoms. The number of ether oxygens (including phenoxy) is 1. The Balaban J connectivity index is 1.54. The van der Waals surface area contributed by atoms with Crippen molar-refractivity contribution < 1.29 is 14.1 Å². The first kappa shape index (κ1) is 17.7. The van der Waals surface area contributed by atoms with E-state index in [2.05, 4.69) is 15.5 Å². The molecule has 0 unspecified atom stereocenters. The van der Waals surface area contributed by atoms with E-state index < -0.39 is 0 Å². The lowest BCUT2D eigenvalue weighted by Crippen LogP contribution is -2.12. The van der Waals surface area contributed by atoms with Gasteiger partial charge in [-0.25, -0.2) is 0 Å². The Kier molecular flexibility index (Phi) is 5.63. The topological polar surface area (TPSA) is 77.2 Å². The molecule has 0 saturated heterocycles. The highest BCUT2D eigenvalue weighted by atomic mass is 16.5. The van der Waals surface area contributed by atoms with Crippen molar-refractivity contribution in [1.82, 2.24) is 10.1 Å². The molecule has 1 aromatic heterocycles. The molecule has 0 saturated carbocycles. The van der Waals surface area contributed by atoms with Crippen LogP contribution in [0.1, 0.15) is 24.3 Å². The van der Waals surface area contributed by atoms with E-state index in [-0.39, 0.29) is 5.91 Å². The summed E-state index contributed by atoms with van der Waals surface area (Å²) >= 11 is 0. The van der Waals surface area contributed by atoms with Crippen LogP contribution >= 0.6 is 0 Å². The number of nitrogens with zero attached hydrogens (tertiary/aromatic N) is 2. The quantitative estimate of drug-likeness (QED) is 0.696. The molecule has 1 heterocycles. The van der Waals surface area contributed by atoms with E-state index in [1.54, 1.807) is 7.11 Å². The molecule has 0 fully saturated rings. The summed E-state index contributed by atoms with van der Waals surface area (Å²) in [5, 5.41) is 6.93. The van der Waals surface area contributed by atoms with E-state index in [0.717, 1.165) is 16.8 Å². The Morgan fingerprint density at radius 3 is 2.73 bits per heavy atom. The summed E-state index contributed by atoms with van der Waals surface area (Å²) < 4.78 is 10.6. The smallest absolute Gasteiger partial charge is 0.226 e. The summed E-state index contributed by atoms with van der Waals surface area (Å²) in [6.45, 7) is 1.97. The molecule has 0 atom stereocenters. The van der Waals surface area contributed by atoms with E-state index in [1.807, 2.05) is 55.5 Å². The first-order valence-electron chi connectivity index (χ1n) is 8.49. The SMILES string of the molecule is COc1ccccc1-c1noc(CCCC(=O)Nc2ccccc2C)n1. The molecule has 0 aliphatic heterocycles. The van der Waals surface area contributed by atoms with Crippen molar-refractivity contribution in [2.75, 3.05) is 12.4 Å². The van der Waals surface area contributed by atoms with Crippen LogP contribution in [0.5, 0.6) is 5.75 Å². The summed E-state index contributed by atoms with van der Waals surface area (Å²) in [5.41, 5.74) is 2.66. The van der Waals surface area contributed by atoms with Crippen LogP contribution < -0.4 is 10.1 Å². The van der Waals surface area contributed by atoms with Crippen molar-refractivity contribution in [3.05, 3.63) is 60.0 Å². The average Bonchev–Trinajstić information content (AvgIpc) is 3.12. The van der Waals surface area contributed by atoms with Crippen molar-refractivity contribution in [3.8, 4) is 17.1 Å². The molecule has 6 nitrogen and oxygen atoms in total. The Morgan fingerprint density at radius 1 is 1.15 bits per heavy atom. The lowest BCUT2D eigenvalue weighted by molar-refractivity contribution is -0.116. The fourth-order valence-electron chi connectivity index (χ4n) is 2.62. The monoisotopic (exact) mass is 351 g/mol. The predicted molar refractivity (Wildman–Crippen MR) is 99.0 cm³/mol. The summed E-state index contributed by atoms with van der Waals surface area (Å²) in [7, 11) is 1.60. The molecule has 3 rings (SSSR count). The molecule has 0 bridgehead atoms. The molecule has 3 aromatic rings. The zero-order valence-corrected chi connectivity index (χ0v) is 14.9. The maximum atomic E-state index is 12.1. The number of carbonyl (C=O) groups is 1. The lowest BCUT2D eigenvalue weighted by Gasteiger charge is -2.07. The number of hydrogen-bond donors (Lipinski definition) is 1. The van der Waals surface area contributed by atoms with Crippen LogP contribution in [0.2, 0.25) is 0 Å². The van der Waals surface area contributed by atoms with E-state index in [1.165, 1.54) is 0 Å². The van der Waals surface area contributed by atoms with Gasteiger partial charge in [0.25, 0.3) is 0 Å². The Morgan fingerprint density at radius 2 is 1.92 bits per heavy atom. The molecule has 134 valence electrons. The van der Waals surface area contributed by atoms with Gasteiger partial charge in [0.2, 0.25) is 17.6 Å². The molecule has 26 heavy (non-hydrogen) atoms. The van der Waals surface area contributed by atoms with Gasteiger partial charge in [-0.2, -0.15) is 4.98 Å². The Bertz CT molecular complexity index is 889. The van der Waals surface area contributed by atoms with Gasteiger partial charge in [0, 0.05) is 18.5 Å². The van der Waals surface area contributed by atoms with Gasteiger partial charge >= 0.3 is 0 Å². The van der Waals surface area contributed by atoms with Crippen LogP contribution in [-0.4, -0.2) is 23.2 Å². The number of anilines is 1. The standard InChI is InChI=1S/C20H21N3O3/c1-14-8-3-5-10-16(14)21-18(24)12-7-13-19-22-20(23-26-19)15-9-4-6-11-17(15)25-2/h3-6,8-11H,7,12-13H2,1-2H3,(H,21,24). The minimum atomic E-state index is -0.0243. The maximum absolute atomic E-state index is 12.1. The van der Waals surface area contributed by atoms with Gasteiger partial charge in [0.1, 0.15) is 5.75 Å². The summed E-state index contributed by atoms with van der Waals surface area (Å²) in [4.78, 5) is 16.5. The molecule has 1 N–H and O–H groups in total. The van der Waals surface area contributed by atoms with Crippen LogP contribution in [0.25, 0.3) is 11.4 Å². The number of carbonyl (C=O) groups excluding carboxylic acids is 1. The average molecular weight is 351 g/mol. The molecule has 2 aromatic carbocycles. The van der Waals surface area contributed by atoms with Crippen molar-refractivity contribution >= 4 is 11.6 Å². The third kappa shape index (κ3) is 4.27. The van der Waals surface area contributed by atoms with E-state index in [9.17, 15) is 4.79 Å². The highest BCUT2D eigenvalue weighted by Crippen LogP contribution is 2.27. The predicted octanol–water partition coefficient (Wildman–Crippen LogP) is 4.02. The summed E-state index contributed by atoms with van der Waals surface area (Å²) in [6, 6.07) is 15.2. The number of nitrogens with one attached hydrogen (secondary N) is 1. The molecule has 0 spiro atoms. The molecule has 0 aliphatic rings. The van der Waals surface area contributed by atoms with Crippen LogP contribution in [0.15, 0.2) is 53.1 Å². The van der Waals surface area contributed by atoms with Gasteiger partial charge in [-0.3, -0.25) is 4.79 Å². The number of amides is 1. The van der Waals surface area contributed by atoms with Crippen molar-refractivity contribution in [1.29, 1.82) is 0 Å². The van der Waals surface area contributed by atoms with E-state index >= 15 is 0 Å². The zero-order chi connectivity index (χ0) is 18.4. The maximum Gasteiger partial charge on any atom is 0.226 e. The van der Waals surface area contributed by atoms with Crippen molar-refractivity contribution in [3.63, 3.8) is 0 Å². The normalized spacial score (nSPS) is 10.5. The molecular formula is C20H21N3O3. The number of para-hydroxylation sites is 2.